The van der Waals surface area contributed by atoms with Gasteiger partial charge >= 0.3 is 0 Å². The highest BCUT2D eigenvalue weighted by atomic mass is 16.5. The molecule has 3 rings (SSSR count). The van der Waals surface area contributed by atoms with Crippen LogP contribution in [0.5, 0.6) is 0 Å². The van der Waals surface area contributed by atoms with Crippen molar-refractivity contribution in [3.63, 3.8) is 0 Å². The summed E-state index contributed by atoms with van der Waals surface area (Å²) < 4.78 is 7.44. The van der Waals surface area contributed by atoms with Crippen molar-refractivity contribution in [2.24, 2.45) is 23.4 Å². The third-order valence-corrected chi connectivity index (χ3v) is 6.27. The molecule has 1 aliphatic carbocycles. The molecule has 2 N–H and O–H groups in total. The number of aliphatic imine (C=N–C) groups is 1. The average Bonchev–Trinajstić information content (AvgIpc) is 3.00. The summed E-state index contributed by atoms with van der Waals surface area (Å²) in [5, 5.41) is 15.6. The molecular weight excluding hydrogens is 366 g/mol. The van der Waals surface area contributed by atoms with Crippen molar-refractivity contribution >= 4 is 5.96 Å². The zero-order valence-electron chi connectivity index (χ0n) is 18.7. The van der Waals surface area contributed by atoms with Crippen LogP contribution in [-0.4, -0.2) is 71.6 Å². The van der Waals surface area contributed by atoms with Crippen molar-refractivity contribution in [2.75, 3.05) is 45.9 Å². The van der Waals surface area contributed by atoms with E-state index in [4.69, 9.17) is 9.73 Å². The number of hydrogen-bond acceptors (Lipinski definition) is 5. The van der Waals surface area contributed by atoms with E-state index in [-0.39, 0.29) is 0 Å². The van der Waals surface area contributed by atoms with Crippen LogP contribution in [0, 0.1) is 18.3 Å². The minimum atomic E-state index is 0.433. The molecule has 2 fully saturated rings. The second-order valence-corrected chi connectivity index (χ2v) is 9.07. The Morgan fingerprint density at radius 2 is 1.97 bits per heavy atom. The van der Waals surface area contributed by atoms with E-state index >= 15 is 0 Å². The Morgan fingerprint density at radius 3 is 2.55 bits per heavy atom. The Hall–Kier alpha value is -1.67. The summed E-state index contributed by atoms with van der Waals surface area (Å²) in [5.74, 6) is 3.41. The summed E-state index contributed by atoms with van der Waals surface area (Å²) in [6, 6.07) is 0. The molecule has 29 heavy (non-hydrogen) atoms. The van der Waals surface area contributed by atoms with E-state index in [2.05, 4.69) is 39.6 Å². The second kappa shape index (κ2) is 10.4. The molecule has 8 nitrogen and oxygen atoms in total. The zero-order chi connectivity index (χ0) is 20.7. The van der Waals surface area contributed by atoms with Gasteiger partial charge in [-0.15, -0.1) is 10.2 Å². The quantitative estimate of drug-likeness (QED) is 0.481. The first-order valence-electron chi connectivity index (χ1n) is 11.1. The molecule has 0 aromatic carbocycles. The Kier molecular flexibility index (Phi) is 7.89. The van der Waals surface area contributed by atoms with Crippen LogP contribution < -0.4 is 10.6 Å². The maximum atomic E-state index is 5.44. The van der Waals surface area contributed by atoms with Gasteiger partial charge in [0.15, 0.2) is 11.8 Å². The third kappa shape index (κ3) is 6.40. The van der Waals surface area contributed by atoms with Crippen molar-refractivity contribution in [1.29, 1.82) is 0 Å². The average molecular weight is 406 g/mol. The van der Waals surface area contributed by atoms with Crippen molar-refractivity contribution in [1.82, 2.24) is 30.3 Å². The minimum absolute atomic E-state index is 0.433. The van der Waals surface area contributed by atoms with Gasteiger partial charge in [-0.05, 0) is 37.5 Å². The molecule has 1 aliphatic heterocycles. The van der Waals surface area contributed by atoms with Gasteiger partial charge in [0.05, 0.1) is 13.2 Å². The van der Waals surface area contributed by atoms with Crippen LogP contribution in [0.25, 0.3) is 0 Å². The van der Waals surface area contributed by atoms with E-state index in [1.54, 1.807) is 0 Å². The number of aryl methyl sites for hydroxylation is 1. The van der Waals surface area contributed by atoms with Gasteiger partial charge in [0.25, 0.3) is 0 Å². The number of morpholine rings is 1. The maximum Gasteiger partial charge on any atom is 0.191 e. The Bertz CT molecular complexity index is 660. The van der Waals surface area contributed by atoms with Crippen molar-refractivity contribution in [2.45, 2.75) is 53.0 Å². The molecule has 0 amide bonds. The van der Waals surface area contributed by atoms with E-state index in [1.807, 2.05) is 18.5 Å². The summed E-state index contributed by atoms with van der Waals surface area (Å²) in [7, 11) is 1.99. The number of guanidine groups is 1. The SMILES string of the molecule is Cc1nnc(CN=C(NCCN2CCOCC2)NCC2(CC(C)C)CCC2)n1C. The summed E-state index contributed by atoms with van der Waals surface area (Å²) in [6.45, 7) is 13.7. The van der Waals surface area contributed by atoms with Gasteiger partial charge < -0.3 is 19.9 Å². The first-order chi connectivity index (χ1) is 14.0. The molecule has 2 aliphatic rings. The largest absolute Gasteiger partial charge is 0.379 e. The number of nitrogens with zero attached hydrogens (tertiary/aromatic N) is 5. The van der Waals surface area contributed by atoms with Gasteiger partial charge in [-0.3, -0.25) is 4.90 Å². The van der Waals surface area contributed by atoms with E-state index in [0.717, 1.165) is 69.5 Å². The zero-order valence-corrected chi connectivity index (χ0v) is 18.7. The third-order valence-electron chi connectivity index (χ3n) is 6.27. The van der Waals surface area contributed by atoms with E-state index < -0.39 is 0 Å². The lowest BCUT2D eigenvalue weighted by molar-refractivity contribution is 0.0389. The summed E-state index contributed by atoms with van der Waals surface area (Å²) >= 11 is 0. The van der Waals surface area contributed by atoms with Crippen LogP contribution in [0.4, 0.5) is 0 Å². The molecule has 2 heterocycles. The lowest BCUT2D eigenvalue weighted by Crippen LogP contribution is -2.49. The molecule has 0 bridgehead atoms. The highest BCUT2D eigenvalue weighted by Crippen LogP contribution is 2.45. The molecular formula is C21H39N7O. The topological polar surface area (TPSA) is 79.6 Å². The molecule has 1 saturated carbocycles. The number of hydrogen-bond donors (Lipinski definition) is 2. The molecule has 8 heteroatoms. The van der Waals surface area contributed by atoms with Crippen LogP contribution in [-0.2, 0) is 18.3 Å². The normalized spacial score (nSPS) is 20.0. The maximum absolute atomic E-state index is 5.44. The van der Waals surface area contributed by atoms with E-state index in [1.165, 1.54) is 25.7 Å². The number of nitrogens with one attached hydrogen (secondary N) is 2. The lowest BCUT2D eigenvalue weighted by Gasteiger charge is -2.43. The Labute approximate surface area is 175 Å². The van der Waals surface area contributed by atoms with E-state index in [0.29, 0.717) is 12.0 Å². The smallest absolute Gasteiger partial charge is 0.191 e. The second-order valence-electron chi connectivity index (χ2n) is 9.07. The van der Waals surface area contributed by atoms with Crippen LogP contribution in [0.3, 0.4) is 0 Å². The predicted octanol–water partition coefficient (Wildman–Crippen LogP) is 1.71. The van der Waals surface area contributed by atoms with Gasteiger partial charge in [0.2, 0.25) is 0 Å². The van der Waals surface area contributed by atoms with Crippen LogP contribution in [0.1, 0.15) is 51.2 Å². The highest BCUT2D eigenvalue weighted by molar-refractivity contribution is 5.79. The van der Waals surface area contributed by atoms with Crippen LogP contribution in [0.15, 0.2) is 4.99 Å². The fourth-order valence-electron chi connectivity index (χ4n) is 4.34. The molecule has 1 aromatic heterocycles. The molecule has 1 aromatic rings. The van der Waals surface area contributed by atoms with Gasteiger partial charge in [0.1, 0.15) is 12.4 Å². The highest BCUT2D eigenvalue weighted by Gasteiger charge is 2.37. The summed E-state index contributed by atoms with van der Waals surface area (Å²) in [4.78, 5) is 7.26. The van der Waals surface area contributed by atoms with Crippen molar-refractivity contribution in [3.8, 4) is 0 Å². The molecule has 0 spiro atoms. The Balaban J connectivity index is 1.57. The first kappa shape index (κ1) is 22.0. The monoisotopic (exact) mass is 405 g/mol. The molecule has 0 radical (unpaired) electrons. The summed E-state index contributed by atoms with van der Waals surface area (Å²) in [5.41, 5.74) is 0.433. The fourth-order valence-corrected chi connectivity index (χ4v) is 4.34. The van der Waals surface area contributed by atoms with Crippen LogP contribution in [0.2, 0.25) is 0 Å². The van der Waals surface area contributed by atoms with E-state index in [9.17, 15) is 0 Å². The molecule has 0 unspecified atom stereocenters. The van der Waals surface area contributed by atoms with Crippen LogP contribution >= 0.6 is 0 Å². The van der Waals surface area contributed by atoms with Gasteiger partial charge in [-0.2, -0.15) is 0 Å². The molecule has 1 saturated heterocycles. The van der Waals surface area contributed by atoms with Gasteiger partial charge in [0, 0.05) is 39.8 Å². The number of ether oxygens (including phenoxy) is 1. The number of rotatable bonds is 9. The van der Waals surface area contributed by atoms with Crippen molar-refractivity contribution in [3.05, 3.63) is 11.6 Å². The summed E-state index contributed by atoms with van der Waals surface area (Å²) in [6.07, 6.45) is 5.27. The minimum Gasteiger partial charge on any atom is -0.379 e. The fraction of sp³-hybridized carbons (Fsp3) is 0.857. The predicted molar refractivity (Wildman–Crippen MR) is 116 cm³/mol. The lowest BCUT2D eigenvalue weighted by atomic mass is 9.64. The molecule has 0 atom stereocenters. The standard InChI is InChI=1S/C21H39N7O/c1-17(2)14-21(6-5-7-21)16-24-20(22-8-9-28-10-12-29-13-11-28)23-15-19-26-25-18(3)27(19)4/h17H,5-16H2,1-4H3,(H2,22,23,24). The van der Waals surface area contributed by atoms with Crippen molar-refractivity contribution < 1.29 is 4.74 Å². The van der Waals surface area contributed by atoms with Gasteiger partial charge in [-0.1, -0.05) is 20.3 Å². The molecule has 164 valence electrons. The van der Waals surface area contributed by atoms with Gasteiger partial charge in [-0.25, -0.2) is 4.99 Å². The Morgan fingerprint density at radius 1 is 1.21 bits per heavy atom. The number of aromatic nitrogens is 3. The first-order valence-corrected chi connectivity index (χ1v) is 11.1.